The van der Waals surface area contributed by atoms with Gasteiger partial charge in [-0.2, -0.15) is 0 Å². The molecule has 0 radical (unpaired) electrons. The number of carboxylic acids is 1. The first-order valence-corrected chi connectivity index (χ1v) is 7.37. The van der Waals surface area contributed by atoms with E-state index >= 15 is 0 Å². The number of aliphatic carboxylic acids is 1. The standard InChI is InChI=1S/C16H24N2O2/c1-3-16(15(19)20,14-7-5-13(2)6-8-14)18-11-4-9-17-10-12-18/h5-8,17H,3-4,9-12H2,1-2H3,(H,19,20). The van der Waals surface area contributed by atoms with Crippen molar-refractivity contribution in [1.82, 2.24) is 10.2 Å². The summed E-state index contributed by atoms with van der Waals surface area (Å²) in [7, 11) is 0. The van der Waals surface area contributed by atoms with Crippen LogP contribution in [0, 0.1) is 6.92 Å². The molecule has 1 aliphatic heterocycles. The molecule has 4 heteroatoms. The van der Waals surface area contributed by atoms with E-state index in [1.165, 1.54) is 0 Å². The summed E-state index contributed by atoms with van der Waals surface area (Å²) in [5.74, 6) is -0.745. The van der Waals surface area contributed by atoms with Crippen LogP contribution in [0.5, 0.6) is 0 Å². The van der Waals surface area contributed by atoms with Crippen LogP contribution in [0.25, 0.3) is 0 Å². The minimum absolute atomic E-state index is 0.575. The molecule has 20 heavy (non-hydrogen) atoms. The molecule has 1 atom stereocenters. The lowest BCUT2D eigenvalue weighted by molar-refractivity contribution is -0.153. The predicted octanol–water partition coefficient (Wildman–Crippen LogP) is 1.98. The van der Waals surface area contributed by atoms with Crippen LogP contribution in [0.3, 0.4) is 0 Å². The van der Waals surface area contributed by atoms with Crippen molar-refractivity contribution in [1.29, 1.82) is 0 Å². The molecular weight excluding hydrogens is 252 g/mol. The van der Waals surface area contributed by atoms with Gasteiger partial charge in [0.05, 0.1) is 0 Å². The fourth-order valence-corrected chi connectivity index (χ4v) is 3.08. The molecule has 1 saturated heterocycles. The van der Waals surface area contributed by atoms with Crippen molar-refractivity contribution < 1.29 is 9.90 Å². The first kappa shape index (κ1) is 15.0. The Morgan fingerprint density at radius 1 is 1.30 bits per heavy atom. The van der Waals surface area contributed by atoms with Gasteiger partial charge >= 0.3 is 5.97 Å². The molecule has 0 aromatic heterocycles. The molecule has 2 N–H and O–H groups in total. The maximum Gasteiger partial charge on any atom is 0.328 e. The number of rotatable bonds is 4. The minimum Gasteiger partial charge on any atom is -0.480 e. The number of carbonyl (C=O) groups is 1. The average molecular weight is 276 g/mol. The molecule has 2 rings (SSSR count). The van der Waals surface area contributed by atoms with Crippen molar-refractivity contribution in [2.75, 3.05) is 26.2 Å². The van der Waals surface area contributed by atoms with Crippen LogP contribution in [0.15, 0.2) is 24.3 Å². The Labute approximate surface area is 120 Å². The zero-order valence-corrected chi connectivity index (χ0v) is 12.4. The summed E-state index contributed by atoms with van der Waals surface area (Å²) >= 11 is 0. The zero-order valence-electron chi connectivity index (χ0n) is 12.4. The van der Waals surface area contributed by atoms with E-state index in [9.17, 15) is 9.90 Å². The van der Waals surface area contributed by atoms with Crippen molar-refractivity contribution >= 4 is 5.97 Å². The van der Waals surface area contributed by atoms with Crippen LogP contribution in [0.1, 0.15) is 30.9 Å². The van der Waals surface area contributed by atoms with Gasteiger partial charge in [0.1, 0.15) is 5.54 Å². The molecule has 1 aromatic rings. The van der Waals surface area contributed by atoms with E-state index in [2.05, 4.69) is 10.2 Å². The van der Waals surface area contributed by atoms with E-state index in [0.29, 0.717) is 6.42 Å². The van der Waals surface area contributed by atoms with Crippen LogP contribution >= 0.6 is 0 Å². The molecular formula is C16H24N2O2. The van der Waals surface area contributed by atoms with Gasteiger partial charge in [-0.05, 0) is 31.9 Å². The smallest absolute Gasteiger partial charge is 0.328 e. The molecule has 4 nitrogen and oxygen atoms in total. The third-order valence-electron chi connectivity index (χ3n) is 4.27. The molecule has 1 fully saturated rings. The van der Waals surface area contributed by atoms with Gasteiger partial charge in [-0.25, -0.2) is 4.79 Å². The van der Waals surface area contributed by atoms with Crippen molar-refractivity contribution in [3.8, 4) is 0 Å². The lowest BCUT2D eigenvalue weighted by Crippen LogP contribution is -2.52. The quantitative estimate of drug-likeness (QED) is 0.883. The van der Waals surface area contributed by atoms with E-state index in [4.69, 9.17) is 0 Å². The first-order chi connectivity index (χ1) is 9.61. The Morgan fingerprint density at radius 2 is 2.00 bits per heavy atom. The highest BCUT2D eigenvalue weighted by Gasteiger charge is 2.44. The van der Waals surface area contributed by atoms with Gasteiger partial charge < -0.3 is 10.4 Å². The summed E-state index contributed by atoms with van der Waals surface area (Å²) < 4.78 is 0. The number of benzene rings is 1. The summed E-state index contributed by atoms with van der Waals surface area (Å²) in [5.41, 5.74) is 1.14. The normalized spacial score (nSPS) is 20.1. The van der Waals surface area contributed by atoms with Crippen molar-refractivity contribution in [2.45, 2.75) is 32.2 Å². The van der Waals surface area contributed by atoms with Gasteiger partial charge in [0, 0.05) is 19.6 Å². The topological polar surface area (TPSA) is 52.6 Å². The Bertz CT molecular complexity index is 450. The fourth-order valence-electron chi connectivity index (χ4n) is 3.08. The average Bonchev–Trinajstić information content (AvgIpc) is 2.71. The number of hydrogen-bond acceptors (Lipinski definition) is 3. The number of nitrogens with one attached hydrogen (secondary N) is 1. The summed E-state index contributed by atoms with van der Waals surface area (Å²) in [6.45, 7) is 7.39. The highest BCUT2D eigenvalue weighted by Crippen LogP contribution is 2.33. The molecule has 0 amide bonds. The monoisotopic (exact) mass is 276 g/mol. The van der Waals surface area contributed by atoms with Crippen molar-refractivity contribution in [2.24, 2.45) is 0 Å². The summed E-state index contributed by atoms with van der Waals surface area (Å²) in [5, 5.41) is 13.3. The van der Waals surface area contributed by atoms with Crippen LogP contribution in [-0.4, -0.2) is 42.2 Å². The Balaban J connectivity index is 2.43. The van der Waals surface area contributed by atoms with Gasteiger partial charge in [-0.1, -0.05) is 36.8 Å². The number of carboxylic acid groups (broad SMARTS) is 1. The second-order valence-corrected chi connectivity index (χ2v) is 5.48. The minimum atomic E-state index is -0.903. The Morgan fingerprint density at radius 3 is 2.60 bits per heavy atom. The molecule has 1 aliphatic rings. The summed E-state index contributed by atoms with van der Waals surface area (Å²) in [6, 6.07) is 7.92. The largest absolute Gasteiger partial charge is 0.480 e. The van der Waals surface area contributed by atoms with E-state index < -0.39 is 11.5 Å². The van der Waals surface area contributed by atoms with Gasteiger partial charge in [0.2, 0.25) is 0 Å². The molecule has 0 aliphatic carbocycles. The predicted molar refractivity (Wildman–Crippen MR) is 79.8 cm³/mol. The van der Waals surface area contributed by atoms with Crippen molar-refractivity contribution in [3.05, 3.63) is 35.4 Å². The maximum absolute atomic E-state index is 12.1. The highest BCUT2D eigenvalue weighted by atomic mass is 16.4. The van der Waals surface area contributed by atoms with Crippen LogP contribution in [0.2, 0.25) is 0 Å². The van der Waals surface area contributed by atoms with Gasteiger partial charge in [-0.3, -0.25) is 4.90 Å². The van der Waals surface area contributed by atoms with E-state index in [0.717, 1.165) is 43.7 Å². The maximum atomic E-state index is 12.1. The molecule has 1 heterocycles. The number of aryl methyl sites for hydroxylation is 1. The molecule has 110 valence electrons. The Kier molecular flexibility index (Phi) is 4.78. The molecule has 0 bridgehead atoms. The third kappa shape index (κ3) is 2.72. The van der Waals surface area contributed by atoms with E-state index in [1.807, 2.05) is 38.1 Å². The molecule has 0 spiro atoms. The van der Waals surface area contributed by atoms with Gasteiger partial charge in [0.15, 0.2) is 0 Å². The van der Waals surface area contributed by atoms with Gasteiger partial charge in [-0.15, -0.1) is 0 Å². The highest BCUT2D eigenvalue weighted by molar-refractivity contribution is 5.80. The number of hydrogen-bond donors (Lipinski definition) is 2. The zero-order chi connectivity index (χ0) is 14.6. The summed E-state index contributed by atoms with van der Waals surface area (Å²) in [6.07, 6.45) is 1.56. The fraction of sp³-hybridized carbons (Fsp3) is 0.562. The second-order valence-electron chi connectivity index (χ2n) is 5.48. The van der Waals surface area contributed by atoms with Crippen LogP contribution < -0.4 is 5.32 Å². The lowest BCUT2D eigenvalue weighted by atomic mass is 9.84. The second kappa shape index (κ2) is 6.37. The number of nitrogens with zero attached hydrogens (tertiary/aromatic N) is 1. The first-order valence-electron chi connectivity index (χ1n) is 7.37. The van der Waals surface area contributed by atoms with E-state index in [-0.39, 0.29) is 0 Å². The summed E-state index contributed by atoms with van der Waals surface area (Å²) in [4.78, 5) is 14.2. The van der Waals surface area contributed by atoms with Crippen molar-refractivity contribution in [3.63, 3.8) is 0 Å². The molecule has 1 unspecified atom stereocenters. The third-order valence-corrected chi connectivity index (χ3v) is 4.27. The van der Waals surface area contributed by atoms with Crippen LogP contribution in [0.4, 0.5) is 0 Å². The Hall–Kier alpha value is -1.39. The van der Waals surface area contributed by atoms with Gasteiger partial charge in [0.25, 0.3) is 0 Å². The molecule has 1 aromatic carbocycles. The lowest BCUT2D eigenvalue weighted by Gasteiger charge is -2.40. The van der Waals surface area contributed by atoms with E-state index in [1.54, 1.807) is 0 Å². The SMILES string of the molecule is CCC(C(=O)O)(c1ccc(C)cc1)N1CCCNCC1. The molecule has 0 saturated carbocycles. The van der Waals surface area contributed by atoms with Crippen LogP contribution in [-0.2, 0) is 10.3 Å².